The van der Waals surface area contributed by atoms with Crippen LogP contribution in [0.25, 0.3) is 88.4 Å². The molecule has 0 saturated heterocycles. The number of phenolic OH excluding ortho intramolecular Hbond substituents is 3. The fraction of sp³-hybridized carbons (Fsp3) is 0.0244. The second-order valence-electron chi connectivity index (χ2n) is 26.3. The van der Waals surface area contributed by atoms with Gasteiger partial charge in [0, 0.05) is 153 Å². The number of fused-ring (bicyclic) bond motifs is 6. The number of carbonyl (C=O) groups is 6. The van der Waals surface area contributed by atoms with Crippen LogP contribution in [-0.2, 0) is 146 Å². The van der Waals surface area contributed by atoms with Crippen molar-refractivity contribution in [3.63, 3.8) is 0 Å². The molecule has 0 saturated carbocycles. The van der Waals surface area contributed by atoms with Crippen molar-refractivity contribution < 1.29 is 221 Å². The van der Waals surface area contributed by atoms with E-state index in [-0.39, 0.29) is 177 Å². The van der Waals surface area contributed by atoms with Crippen LogP contribution in [0.2, 0.25) is 0 Å². The first-order valence-corrected chi connectivity index (χ1v) is 43.0. The first-order chi connectivity index (χ1) is 60.8. The zero-order valence-electron chi connectivity index (χ0n) is 66.6. The molecule has 50 heteroatoms. The van der Waals surface area contributed by atoms with Crippen LogP contribution in [0.1, 0.15) is 66.4 Å². The number of azo groups is 2. The molecule has 2 radical (unpaired) electrons. The zero-order chi connectivity index (χ0) is 96.3. The summed E-state index contributed by atoms with van der Waals surface area (Å²) in [5, 5.41) is 77.5. The number of amides is 2. The van der Waals surface area contributed by atoms with Crippen molar-refractivity contribution in [2.75, 3.05) is 16.4 Å². The number of nitrogens with zero attached hydrogens (tertiary/aromatic N) is 4. The van der Waals surface area contributed by atoms with Gasteiger partial charge in [-0.05, 0) is 88.6 Å². The second kappa shape index (κ2) is 43.5. The molecule has 674 valence electrons. The number of nitrogen functional groups attached to an aromatic ring is 1. The Labute approximate surface area is 795 Å². The van der Waals surface area contributed by atoms with Gasteiger partial charge in [-0.2, -0.15) is 76.3 Å². The smallest absolute Gasteiger partial charge is 0.425 e. The molecule has 0 unspecified atom stereocenters. The van der Waals surface area contributed by atoms with Crippen LogP contribution in [0.5, 0.6) is 17.2 Å². The minimum Gasteiger partial charge on any atom is -0.744 e. The summed E-state index contributed by atoms with van der Waals surface area (Å²) in [5.41, 5.74) is 5.63. The predicted molar refractivity (Wildman–Crippen MR) is 453 cm³/mol. The summed E-state index contributed by atoms with van der Waals surface area (Å²) in [7, 11) is -26.4. The number of aromatic carboxylic acids is 2. The van der Waals surface area contributed by atoms with Crippen molar-refractivity contribution in [3.05, 3.63) is 257 Å². The molecular formula is C82H55N8O34S6Y2-5. The van der Waals surface area contributed by atoms with E-state index >= 15 is 0 Å². The molecule has 0 fully saturated rings. The Morgan fingerprint density at radius 1 is 0.492 bits per heavy atom. The van der Waals surface area contributed by atoms with E-state index in [1.54, 1.807) is 36.8 Å². The van der Waals surface area contributed by atoms with E-state index in [1.165, 1.54) is 153 Å². The zero-order valence-corrected chi connectivity index (χ0v) is 77.2. The summed E-state index contributed by atoms with van der Waals surface area (Å²) in [6, 6.07) is 43.9. The monoisotopic (exact) mass is 2060 g/mol. The quantitative estimate of drug-likeness (QED) is 0.00951. The fourth-order valence-corrected chi connectivity index (χ4v) is 15.3. The fourth-order valence-electron chi connectivity index (χ4n) is 12.6. The number of benzene rings is 12. The molecule has 132 heavy (non-hydrogen) atoms. The van der Waals surface area contributed by atoms with Crippen LogP contribution in [0, 0.1) is 13.8 Å². The molecule has 13 N–H and O–H groups in total. The number of aromatic hydroxyl groups is 3. The molecule has 2 aliphatic heterocycles. The molecule has 10 aromatic carbocycles. The SMILES string of the molecule is CC(=O)Nc1cccc2cc(S(=O)(=O)O)c(N=Nc3ccc([C-]=O)cc3)c(O)c12.CC(=O)Nc1cccc2cc(S(=O)(=O)O)c(N=Nc3ccc([C-]=O)cc3)c(O)c12.O=S(=O)=O.O=S(=O)=O.[CH2-]C(=O)c1ccc(-c2c3ccc(=O)cc-3oc3cc(O)ccc23)c(C(=O)O)c1.[CH2-]C(=O)c1ccc(-c2c3ccc(=[NH2+])c(S(=O)(=O)[O-])c-3oc3c(S(=O)(=O)[O-])c(N)ccc23)c(C(=O)O)c1.[Y].[Y]. The standard InChI is InChI=1S/C22H15N2O10S2.C22H13O6.2C19H14N3O6S.2O3S.2Y/c1-9(25)10-2-3-11(14(8-10)22(26)27)17-12-4-6-15(23)20(35(28,29)30)18(12)34-19-13(17)5-7-16(24)21(19)36(31,32)33;1-11(23)12-2-5-15(18(8-12)22(26)27)21-16-6-3-13(24)9-19(16)28-20-10-14(25)4-7-17(20)21;2*1-11(24)20-15-4-2-3-13-9-16(29(26,27)28)18(19(25)17(13)15)22-21-14-7-5-12(10-23)6-8-14;2*1-4(2)3;;/h2-8,23H,1,24H2,(H,26,27)(H,28,29,30)(H,31,32,33);2-10,24H,1H2,(H,26,27);2*2-9,25H,1H3,(H,20,24)(H,26,27,28);;;;/q4*-1;;;;/p-1. The van der Waals surface area contributed by atoms with Gasteiger partial charge in [0.25, 0.3) is 20.2 Å². The summed E-state index contributed by atoms with van der Waals surface area (Å²) in [5.74, 6) is -6.36. The van der Waals surface area contributed by atoms with Crippen molar-refractivity contribution >= 4 is 193 Å². The van der Waals surface area contributed by atoms with Crippen LogP contribution in [0.15, 0.2) is 248 Å². The van der Waals surface area contributed by atoms with Gasteiger partial charge in [0.05, 0.1) is 52.1 Å². The first-order valence-electron chi connectivity index (χ1n) is 35.3. The van der Waals surface area contributed by atoms with Crippen LogP contribution in [0.4, 0.5) is 39.8 Å². The predicted octanol–water partition coefficient (Wildman–Crippen LogP) is 9.19. The van der Waals surface area contributed by atoms with E-state index in [4.69, 9.17) is 45.2 Å². The van der Waals surface area contributed by atoms with Crippen molar-refractivity contribution in [3.8, 4) is 62.1 Å². The van der Waals surface area contributed by atoms with Crippen LogP contribution < -0.4 is 32.6 Å². The minimum atomic E-state index is -5.33. The van der Waals surface area contributed by atoms with Gasteiger partial charge in [0.2, 0.25) is 17.2 Å². The molecule has 0 aromatic heterocycles. The molecule has 0 bridgehead atoms. The number of nitrogens with two attached hydrogens (primary N) is 2. The minimum absolute atomic E-state index is 0. The van der Waals surface area contributed by atoms with E-state index in [9.17, 15) is 121 Å². The van der Waals surface area contributed by atoms with Crippen molar-refractivity contribution in [1.82, 2.24) is 0 Å². The number of phenols is 3. The van der Waals surface area contributed by atoms with Gasteiger partial charge in [0.15, 0.2) is 33.2 Å². The summed E-state index contributed by atoms with van der Waals surface area (Å²) >= 11 is 0. The Balaban J connectivity index is 0.000000233. The van der Waals surface area contributed by atoms with Crippen molar-refractivity contribution in [2.45, 2.75) is 33.4 Å². The average Bonchev–Trinajstić information content (AvgIpc) is 0.704. The number of hydrogen-bond donors (Lipinski definition) is 11. The molecule has 0 spiro atoms. The molecule has 42 nitrogen and oxygen atoms in total. The number of carboxylic acids is 2. The molecule has 2 heterocycles. The summed E-state index contributed by atoms with van der Waals surface area (Å²) in [6.07, 6.45) is 3.40. The molecule has 0 atom stereocenters. The van der Waals surface area contributed by atoms with E-state index in [0.29, 0.717) is 27.7 Å². The second-order valence-corrected chi connectivity index (χ2v) is 32.5. The molecule has 2 amide bonds. The summed E-state index contributed by atoms with van der Waals surface area (Å²) in [4.78, 5) is 99.8. The van der Waals surface area contributed by atoms with Gasteiger partial charge < -0.3 is 79.0 Å². The normalized spacial score (nSPS) is 11.1. The number of nitrogens with one attached hydrogen (secondary N) is 2. The van der Waals surface area contributed by atoms with Crippen LogP contribution in [0.3, 0.4) is 0 Å². The van der Waals surface area contributed by atoms with Gasteiger partial charge >= 0.3 is 33.2 Å². The maximum absolute atomic E-state index is 12.1. The van der Waals surface area contributed by atoms with Gasteiger partial charge in [-0.3, -0.25) is 28.9 Å². The molecule has 14 rings (SSSR count). The maximum atomic E-state index is 12.1. The van der Waals surface area contributed by atoms with Crippen molar-refractivity contribution in [1.29, 1.82) is 0 Å². The van der Waals surface area contributed by atoms with E-state index < -0.39 is 167 Å². The summed E-state index contributed by atoms with van der Waals surface area (Å²) in [6.45, 7) is 9.11. The Bertz CT molecular complexity index is 7750. The van der Waals surface area contributed by atoms with Gasteiger partial charge in [-0.25, -0.2) is 26.4 Å². The average molecular weight is 2070 g/mol. The first kappa shape index (κ1) is 105. The number of hydrogen-bond acceptors (Lipinski definition) is 35. The molecule has 4 aliphatic rings. The van der Waals surface area contributed by atoms with E-state index in [1.807, 2.05) is 0 Å². The van der Waals surface area contributed by atoms with Gasteiger partial charge in [-0.15, -0.1) is 70.9 Å². The van der Waals surface area contributed by atoms with E-state index in [2.05, 4.69) is 44.9 Å². The number of carboxylic acid groups (broad SMARTS) is 2. The third kappa shape index (κ3) is 25.3. The topological polar surface area (TPSA) is 732 Å². The Morgan fingerprint density at radius 2 is 0.894 bits per heavy atom. The van der Waals surface area contributed by atoms with Crippen molar-refractivity contribution in [2.24, 2.45) is 20.5 Å². The van der Waals surface area contributed by atoms with Gasteiger partial charge in [0.1, 0.15) is 63.4 Å². The molecular weight excluding hydrogens is 2010 g/mol. The third-order valence-corrected chi connectivity index (χ3v) is 21.3. The molecule has 10 aromatic rings. The van der Waals surface area contributed by atoms with Gasteiger partial charge in [-0.1, -0.05) is 60.7 Å². The molecule has 2 aliphatic carbocycles. The number of rotatable bonds is 18. The van der Waals surface area contributed by atoms with Crippen LogP contribution >= 0.6 is 0 Å². The Kier molecular flexibility index (Phi) is 34.6. The summed E-state index contributed by atoms with van der Waals surface area (Å²) < 4.78 is 201. The maximum Gasteiger partial charge on any atom is 0.425 e. The number of anilines is 3. The number of carbonyl (C=O) groups excluding carboxylic acids is 6. The number of ketones is 2. The van der Waals surface area contributed by atoms with Crippen LogP contribution in [-0.4, -0.2) is 151 Å². The Morgan fingerprint density at radius 3 is 1.28 bits per heavy atom. The Hall–Kier alpha value is -14.1. The largest absolute Gasteiger partial charge is 0.744 e. The number of Topliss-reactive ketones (excluding diaryl/α,β-unsaturated/α-hetero) is 2. The van der Waals surface area contributed by atoms with E-state index in [0.717, 1.165) is 30.3 Å². The third-order valence-electron chi connectivity index (χ3n) is 17.7.